The maximum atomic E-state index is 12.5. The van der Waals surface area contributed by atoms with Crippen LogP contribution in [-0.4, -0.2) is 18.4 Å². The van der Waals surface area contributed by atoms with Gasteiger partial charge in [-0.2, -0.15) is 0 Å². The van der Waals surface area contributed by atoms with Crippen LogP contribution in [0.3, 0.4) is 0 Å². The average Bonchev–Trinajstić information content (AvgIpc) is 2.47. The fraction of sp³-hybridized carbons (Fsp3) is 0.167. The predicted molar refractivity (Wildman–Crippen MR) is 82.7 cm³/mol. The van der Waals surface area contributed by atoms with Gasteiger partial charge in [0.15, 0.2) is 5.82 Å². The highest BCUT2D eigenvalue weighted by Gasteiger charge is 2.23. The summed E-state index contributed by atoms with van der Waals surface area (Å²) in [5, 5.41) is 0. The van der Waals surface area contributed by atoms with Crippen LogP contribution >= 0.6 is 15.9 Å². The first-order valence-corrected chi connectivity index (χ1v) is 8.27. The van der Waals surface area contributed by atoms with E-state index in [1.165, 1.54) is 12.3 Å². The summed E-state index contributed by atoms with van der Waals surface area (Å²) in [6.07, 6.45) is 3.06. The molecule has 4 N–H and O–H groups in total. The second-order valence-electron chi connectivity index (χ2n) is 4.24. The zero-order valence-corrected chi connectivity index (χ0v) is 13.5. The predicted octanol–water partition coefficient (Wildman–Crippen LogP) is 1.56. The molecule has 0 saturated carbocycles. The third kappa shape index (κ3) is 3.76. The van der Waals surface area contributed by atoms with E-state index in [0.717, 1.165) is 0 Å². The molecule has 0 fully saturated rings. The lowest BCUT2D eigenvalue weighted by Crippen LogP contribution is -2.29. The zero-order chi connectivity index (χ0) is 15.5. The third-order valence-corrected chi connectivity index (χ3v) is 4.70. The van der Waals surface area contributed by atoms with Crippen molar-refractivity contribution in [1.29, 1.82) is 0 Å². The van der Waals surface area contributed by atoms with Gasteiger partial charge in [0.05, 0.1) is 11.7 Å². The molecule has 2 aromatic heterocycles. The number of hydrogen-bond acceptors (Lipinski definition) is 6. The Hall–Kier alpha value is -1.55. The molecule has 9 heteroatoms. The summed E-state index contributed by atoms with van der Waals surface area (Å²) in [4.78, 5) is 8.01. The number of hydrazine groups is 1. The minimum atomic E-state index is -3.80. The molecule has 0 aromatic carbocycles. The van der Waals surface area contributed by atoms with Crippen LogP contribution in [0, 0.1) is 0 Å². The average molecular weight is 372 g/mol. The number of halogens is 1. The van der Waals surface area contributed by atoms with Gasteiger partial charge in [-0.3, -0.25) is 4.98 Å². The summed E-state index contributed by atoms with van der Waals surface area (Å²) in [6.45, 7) is 1.71. The fourth-order valence-corrected chi connectivity index (χ4v) is 3.57. The number of hydrogen-bond donors (Lipinski definition) is 3. The van der Waals surface area contributed by atoms with E-state index >= 15 is 0 Å². The van der Waals surface area contributed by atoms with Crippen molar-refractivity contribution in [2.75, 3.05) is 5.43 Å². The molecule has 112 valence electrons. The summed E-state index contributed by atoms with van der Waals surface area (Å²) < 4.78 is 28.0. The van der Waals surface area contributed by atoms with Crippen LogP contribution in [0.2, 0.25) is 0 Å². The van der Waals surface area contributed by atoms with Crippen molar-refractivity contribution in [3.05, 3.63) is 46.8 Å². The minimum Gasteiger partial charge on any atom is -0.307 e. The van der Waals surface area contributed by atoms with E-state index in [-0.39, 0.29) is 10.7 Å². The van der Waals surface area contributed by atoms with Crippen LogP contribution in [0.15, 0.2) is 46.0 Å². The van der Waals surface area contributed by atoms with Crippen molar-refractivity contribution in [1.82, 2.24) is 14.7 Å². The summed E-state index contributed by atoms with van der Waals surface area (Å²) in [5.74, 6) is 5.38. The number of rotatable bonds is 5. The molecule has 2 rings (SSSR count). The lowest BCUT2D eigenvalue weighted by molar-refractivity contribution is 0.564. The molecule has 7 nitrogen and oxygen atoms in total. The molecule has 0 spiro atoms. The Morgan fingerprint density at radius 2 is 2.10 bits per heavy atom. The topological polar surface area (TPSA) is 110 Å². The number of nitrogens with one attached hydrogen (secondary N) is 2. The molecule has 1 unspecified atom stereocenters. The van der Waals surface area contributed by atoms with Crippen LogP contribution in [0.1, 0.15) is 18.7 Å². The Bertz CT molecular complexity index is 724. The Balaban J connectivity index is 2.33. The molecule has 0 aliphatic rings. The van der Waals surface area contributed by atoms with E-state index < -0.39 is 16.1 Å². The Kier molecular flexibility index (Phi) is 4.88. The maximum Gasteiger partial charge on any atom is 0.244 e. The van der Waals surface area contributed by atoms with Gasteiger partial charge in [-0.05, 0) is 41.1 Å². The normalized spacial score (nSPS) is 12.9. The number of nitrogen functional groups attached to an aromatic ring is 1. The van der Waals surface area contributed by atoms with Gasteiger partial charge in [-0.25, -0.2) is 24.0 Å². The lowest BCUT2D eigenvalue weighted by Gasteiger charge is -2.15. The quantitative estimate of drug-likeness (QED) is 0.543. The number of pyridine rings is 2. The molecule has 2 aromatic rings. The molecule has 0 aliphatic heterocycles. The van der Waals surface area contributed by atoms with Crippen LogP contribution < -0.4 is 16.0 Å². The molecule has 0 saturated heterocycles. The monoisotopic (exact) mass is 371 g/mol. The fourth-order valence-electron chi connectivity index (χ4n) is 1.72. The molecule has 0 aliphatic carbocycles. The first kappa shape index (κ1) is 15.8. The third-order valence-electron chi connectivity index (χ3n) is 2.71. The second-order valence-corrected chi connectivity index (χ2v) is 6.84. The van der Waals surface area contributed by atoms with Crippen molar-refractivity contribution >= 4 is 31.8 Å². The van der Waals surface area contributed by atoms with Crippen molar-refractivity contribution in [3.8, 4) is 0 Å². The molecule has 2 heterocycles. The standard InChI is InChI=1S/C12H14BrN5O2S/c1-8(10-4-2-3-5-15-10)18-21(19,20)11-6-9(13)7-16-12(11)17-14/h2-8,18H,14H2,1H3,(H,16,17). The molecule has 0 radical (unpaired) electrons. The smallest absolute Gasteiger partial charge is 0.244 e. The van der Waals surface area contributed by atoms with Crippen molar-refractivity contribution in [2.24, 2.45) is 5.84 Å². The number of sulfonamides is 1. The Morgan fingerprint density at radius 3 is 2.71 bits per heavy atom. The number of aromatic nitrogens is 2. The number of anilines is 1. The summed E-state index contributed by atoms with van der Waals surface area (Å²) in [6, 6.07) is 6.24. The highest BCUT2D eigenvalue weighted by molar-refractivity contribution is 9.10. The van der Waals surface area contributed by atoms with Crippen molar-refractivity contribution < 1.29 is 8.42 Å². The maximum absolute atomic E-state index is 12.5. The first-order valence-electron chi connectivity index (χ1n) is 5.99. The van der Waals surface area contributed by atoms with Gasteiger partial charge in [0.1, 0.15) is 4.90 Å². The molecular formula is C12H14BrN5O2S. The number of nitrogens with two attached hydrogens (primary N) is 1. The van der Waals surface area contributed by atoms with Crippen molar-refractivity contribution in [2.45, 2.75) is 17.9 Å². The van der Waals surface area contributed by atoms with Gasteiger partial charge in [0, 0.05) is 16.9 Å². The Morgan fingerprint density at radius 1 is 1.33 bits per heavy atom. The molecule has 0 bridgehead atoms. The van der Waals surface area contributed by atoms with Crippen molar-refractivity contribution in [3.63, 3.8) is 0 Å². The Labute approximate surface area is 131 Å². The molecule has 0 amide bonds. The summed E-state index contributed by atoms with van der Waals surface area (Å²) >= 11 is 3.19. The SMILES string of the molecule is CC(NS(=O)(=O)c1cc(Br)cnc1NN)c1ccccn1. The second kappa shape index (κ2) is 6.48. The summed E-state index contributed by atoms with van der Waals surface area (Å²) in [5.41, 5.74) is 2.89. The molecule has 21 heavy (non-hydrogen) atoms. The van der Waals surface area contributed by atoms with E-state index in [9.17, 15) is 8.42 Å². The lowest BCUT2D eigenvalue weighted by atomic mass is 10.2. The first-order chi connectivity index (χ1) is 9.94. The van der Waals surface area contributed by atoms with E-state index in [0.29, 0.717) is 10.2 Å². The van der Waals surface area contributed by atoms with Gasteiger partial charge < -0.3 is 5.43 Å². The van der Waals surface area contributed by atoms with Gasteiger partial charge in [-0.15, -0.1) is 0 Å². The largest absolute Gasteiger partial charge is 0.307 e. The van der Waals surface area contributed by atoms with Gasteiger partial charge in [0.25, 0.3) is 0 Å². The van der Waals surface area contributed by atoms with Crippen LogP contribution in [0.5, 0.6) is 0 Å². The highest BCUT2D eigenvalue weighted by Crippen LogP contribution is 2.23. The van der Waals surface area contributed by atoms with Crippen LogP contribution in [0.25, 0.3) is 0 Å². The van der Waals surface area contributed by atoms with Gasteiger partial charge >= 0.3 is 0 Å². The van der Waals surface area contributed by atoms with E-state index in [1.54, 1.807) is 31.3 Å². The minimum absolute atomic E-state index is 0.0397. The number of nitrogens with zero attached hydrogens (tertiary/aromatic N) is 2. The summed E-state index contributed by atoms with van der Waals surface area (Å²) in [7, 11) is -3.80. The zero-order valence-electron chi connectivity index (χ0n) is 11.1. The van der Waals surface area contributed by atoms with Crippen LogP contribution in [-0.2, 0) is 10.0 Å². The van der Waals surface area contributed by atoms with Gasteiger partial charge in [0.2, 0.25) is 10.0 Å². The van der Waals surface area contributed by atoms with Crippen LogP contribution in [0.4, 0.5) is 5.82 Å². The van der Waals surface area contributed by atoms with E-state index in [1.807, 2.05) is 0 Å². The molecule has 1 atom stereocenters. The highest BCUT2D eigenvalue weighted by atomic mass is 79.9. The van der Waals surface area contributed by atoms with E-state index in [4.69, 9.17) is 5.84 Å². The van der Waals surface area contributed by atoms with Gasteiger partial charge in [-0.1, -0.05) is 6.07 Å². The molecular weight excluding hydrogens is 358 g/mol. The van der Waals surface area contributed by atoms with E-state index in [2.05, 4.69) is 36.0 Å².